The van der Waals surface area contributed by atoms with Crippen LogP contribution < -0.4 is 0 Å². The molecule has 0 bridgehead atoms. The number of aromatic nitrogens is 2. The number of aromatic amines is 1. The molecule has 0 unspecified atom stereocenters. The van der Waals surface area contributed by atoms with Crippen LogP contribution in [0, 0.1) is 0 Å². The van der Waals surface area contributed by atoms with Crippen LogP contribution in [0.15, 0.2) is 97.1 Å². The van der Waals surface area contributed by atoms with Crippen LogP contribution in [0.3, 0.4) is 0 Å². The second kappa shape index (κ2) is 7.14. The summed E-state index contributed by atoms with van der Waals surface area (Å²) in [5.74, 6) is 0. The fourth-order valence-corrected chi connectivity index (χ4v) is 4.31. The van der Waals surface area contributed by atoms with Crippen molar-refractivity contribution >= 4 is 43.6 Å². The van der Waals surface area contributed by atoms with E-state index >= 15 is 0 Å². The predicted molar refractivity (Wildman–Crippen MR) is 126 cm³/mol. The Hall–Kier alpha value is -3.52. The van der Waals surface area contributed by atoms with Gasteiger partial charge in [0.1, 0.15) is 0 Å². The molecular formula is C27H24N2. The van der Waals surface area contributed by atoms with E-state index in [0.29, 0.717) is 6.04 Å². The molecular weight excluding hydrogens is 352 g/mol. The first-order valence-corrected chi connectivity index (χ1v) is 10.2. The molecule has 1 N–H and O–H groups in total. The lowest BCUT2D eigenvalue weighted by Crippen LogP contribution is -1.99. The number of H-pyrrole nitrogens is 1. The van der Waals surface area contributed by atoms with Gasteiger partial charge in [-0.2, -0.15) is 0 Å². The van der Waals surface area contributed by atoms with Gasteiger partial charge >= 0.3 is 0 Å². The molecule has 0 atom stereocenters. The molecule has 2 aromatic heterocycles. The summed E-state index contributed by atoms with van der Waals surface area (Å²) in [5, 5.41) is 5.31. The maximum absolute atomic E-state index is 3.38. The zero-order valence-electron chi connectivity index (χ0n) is 16.8. The van der Waals surface area contributed by atoms with Crippen molar-refractivity contribution in [3.05, 3.63) is 97.1 Å². The van der Waals surface area contributed by atoms with Crippen molar-refractivity contribution in [3.8, 4) is 0 Å². The van der Waals surface area contributed by atoms with Crippen molar-refractivity contribution in [1.29, 1.82) is 0 Å². The largest absolute Gasteiger partial charge is 0.355 e. The molecule has 2 nitrogen and oxygen atoms in total. The molecule has 4 aromatic carbocycles. The molecule has 0 aliphatic carbocycles. The van der Waals surface area contributed by atoms with Gasteiger partial charge in [-0.15, -0.1) is 0 Å². The van der Waals surface area contributed by atoms with Crippen molar-refractivity contribution in [1.82, 2.24) is 9.55 Å². The van der Waals surface area contributed by atoms with Crippen molar-refractivity contribution < 1.29 is 0 Å². The fraction of sp³-hybridized carbons (Fsp3) is 0.111. The van der Waals surface area contributed by atoms with Gasteiger partial charge in [-0.05, 0) is 38.1 Å². The van der Waals surface area contributed by atoms with Crippen molar-refractivity contribution in [2.45, 2.75) is 19.9 Å². The van der Waals surface area contributed by atoms with Crippen LogP contribution in [0.25, 0.3) is 43.6 Å². The molecule has 0 saturated heterocycles. The van der Waals surface area contributed by atoms with Crippen LogP contribution >= 0.6 is 0 Å². The first-order valence-electron chi connectivity index (χ1n) is 10.2. The summed E-state index contributed by atoms with van der Waals surface area (Å²) in [6.45, 7) is 4.47. The van der Waals surface area contributed by atoms with E-state index in [9.17, 15) is 0 Å². The minimum Gasteiger partial charge on any atom is -0.355 e. The third-order valence-electron chi connectivity index (χ3n) is 5.55. The molecule has 0 aliphatic heterocycles. The lowest BCUT2D eigenvalue weighted by Gasteiger charge is -2.10. The summed E-state index contributed by atoms with van der Waals surface area (Å²) in [6.07, 6.45) is 0. The van der Waals surface area contributed by atoms with E-state index in [0.717, 1.165) is 0 Å². The normalized spacial score (nSPS) is 11.4. The Morgan fingerprint density at radius 1 is 0.517 bits per heavy atom. The topological polar surface area (TPSA) is 20.7 Å². The molecule has 2 heteroatoms. The van der Waals surface area contributed by atoms with Gasteiger partial charge in [0.15, 0.2) is 0 Å². The number of nitrogens with one attached hydrogen (secondary N) is 1. The van der Waals surface area contributed by atoms with E-state index in [-0.39, 0.29) is 0 Å². The zero-order valence-corrected chi connectivity index (χ0v) is 16.8. The first-order chi connectivity index (χ1) is 14.2. The van der Waals surface area contributed by atoms with Crippen LogP contribution in [0.1, 0.15) is 19.9 Å². The predicted octanol–water partition coefficient (Wildman–Crippen LogP) is 7.70. The Balaban J connectivity index is 0.000000128. The van der Waals surface area contributed by atoms with Crippen LogP contribution in [0.2, 0.25) is 0 Å². The molecule has 0 saturated carbocycles. The van der Waals surface area contributed by atoms with Crippen LogP contribution in [-0.4, -0.2) is 9.55 Å². The van der Waals surface area contributed by atoms with E-state index in [1.807, 2.05) is 0 Å². The number of hydrogen-bond acceptors (Lipinski definition) is 0. The maximum Gasteiger partial charge on any atom is 0.0493 e. The number of fused-ring (bicyclic) bond motifs is 6. The Bertz CT molecular complexity index is 1330. The highest BCUT2D eigenvalue weighted by Crippen LogP contribution is 2.31. The summed E-state index contributed by atoms with van der Waals surface area (Å²) < 4.78 is 2.41. The summed E-state index contributed by atoms with van der Waals surface area (Å²) >= 11 is 0. The van der Waals surface area contributed by atoms with E-state index in [2.05, 4.69) is 120 Å². The number of benzene rings is 4. The minimum absolute atomic E-state index is 0.491. The van der Waals surface area contributed by atoms with Crippen molar-refractivity contribution in [2.24, 2.45) is 0 Å². The Kier molecular flexibility index (Phi) is 4.33. The second-order valence-electron chi connectivity index (χ2n) is 7.71. The van der Waals surface area contributed by atoms with Gasteiger partial charge in [0.2, 0.25) is 0 Å². The molecule has 0 amide bonds. The van der Waals surface area contributed by atoms with E-state index < -0.39 is 0 Å². The van der Waals surface area contributed by atoms with Gasteiger partial charge in [0.25, 0.3) is 0 Å². The van der Waals surface area contributed by atoms with E-state index in [4.69, 9.17) is 0 Å². The molecule has 2 heterocycles. The highest BCUT2D eigenvalue weighted by molar-refractivity contribution is 6.08. The first kappa shape index (κ1) is 17.6. The standard InChI is InChI=1S/C15H15N.C12H9N/c1-11(2)16-14-9-5-3-7-12(14)13-8-4-6-10-15(13)16;1-3-7-11-9(5-1)10-6-2-4-8-12(10)13-11/h3-11H,1-2H3;1-8,13H. The SMILES string of the molecule is CC(C)n1c2ccccc2c2ccccc21.c1ccc2c(c1)[nH]c1ccccc12. The van der Waals surface area contributed by atoms with Crippen molar-refractivity contribution in [2.75, 3.05) is 0 Å². The average Bonchev–Trinajstić information content (AvgIpc) is 3.30. The quantitative estimate of drug-likeness (QED) is 0.303. The Morgan fingerprint density at radius 2 is 0.897 bits per heavy atom. The molecule has 29 heavy (non-hydrogen) atoms. The smallest absolute Gasteiger partial charge is 0.0493 e. The van der Waals surface area contributed by atoms with E-state index in [1.165, 1.54) is 43.6 Å². The Labute approximate surface area is 170 Å². The van der Waals surface area contributed by atoms with Crippen LogP contribution in [0.5, 0.6) is 0 Å². The van der Waals surface area contributed by atoms with E-state index in [1.54, 1.807) is 0 Å². The second-order valence-corrected chi connectivity index (χ2v) is 7.71. The monoisotopic (exact) mass is 376 g/mol. The minimum atomic E-state index is 0.491. The third-order valence-corrected chi connectivity index (χ3v) is 5.55. The molecule has 0 fully saturated rings. The molecule has 0 aliphatic rings. The van der Waals surface area contributed by atoms with Crippen LogP contribution in [0.4, 0.5) is 0 Å². The van der Waals surface area contributed by atoms with Gasteiger partial charge in [-0.1, -0.05) is 72.8 Å². The number of nitrogens with zero attached hydrogens (tertiary/aromatic N) is 1. The zero-order chi connectivity index (χ0) is 19.8. The highest BCUT2D eigenvalue weighted by Gasteiger charge is 2.10. The fourth-order valence-electron chi connectivity index (χ4n) is 4.31. The summed E-state index contributed by atoms with van der Waals surface area (Å²) in [7, 11) is 0. The average molecular weight is 377 g/mol. The van der Waals surface area contributed by atoms with Gasteiger partial charge in [-0.3, -0.25) is 0 Å². The maximum atomic E-state index is 3.38. The molecule has 0 radical (unpaired) electrons. The summed E-state index contributed by atoms with van der Waals surface area (Å²) in [4.78, 5) is 3.38. The number of para-hydroxylation sites is 4. The molecule has 6 rings (SSSR count). The molecule has 0 spiro atoms. The van der Waals surface area contributed by atoms with Gasteiger partial charge in [-0.25, -0.2) is 0 Å². The molecule has 142 valence electrons. The third kappa shape index (κ3) is 2.98. The summed E-state index contributed by atoms with van der Waals surface area (Å²) in [5.41, 5.74) is 5.09. The van der Waals surface area contributed by atoms with Gasteiger partial charge < -0.3 is 9.55 Å². The number of rotatable bonds is 1. The highest BCUT2D eigenvalue weighted by atomic mass is 15.0. The lowest BCUT2D eigenvalue weighted by molar-refractivity contribution is 0.642. The number of hydrogen-bond donors (Lipinski definition) is 1. The van der Waals surface area contributed by atoms with Gasteiger partial charge in [0.05, 0.1) is 0 Å². The Morgan fingerprint density at radius 3 is 1.34 bits per heavy atom. The van der Waals surface area contributed by atoms with Crippen LogP contribution in [-0.2, 0) is 0 Å². The lowest BCUT2D eigenvalue weighted by atomic mass is 10.2. The van der Waals surface area contributed by atoms with Gasteiger partial charge in [0, 0.05) is 49.7 Å². The van der Waals surface area contributed by atoms with Crippen molar-refractivity contribution in [3.63, 3.8) is 0 Å². The summed E-state index contributed by atoms with van der Waals surface area (Å²) in [6, 6.07) is 34.5. The molecule has 6 aromatic rings.